The molecule has 0 aromatic rings. The van der Waals surface area contributed by atoms with E-state index < -0.39 is 17.3 Å². The normalized spacial score (nSPS) is 12.0. The second-order valence-corrected chi connectivity index (χ2v) is 12.5. The van der Waals surface area contributed by atoms with Crippen LogP contribution < -0.4 is 5.32 Å². The quantitative estimate of drug-likeness (QED) is 0.0738. The molecule has 0 saturated carbocycles. The van der Waals surface area contributed by atoms with Gasteiger partial charge in [-0.15, -0.1) is 0 Å². The highest BCUT2D eigenvalue weighted by Gasteiger charge is 2.16. The molecule has 50 heavy (non-hydrogen) atoms. The van der Waals surface area contributed by atoms with Gasteiger partial charge in [0.05, 0.1) is 152 Å². The molecule has 0 aromatic carbocycles. The fourth-order valence-corrected chi connectivity index (χ4v) is 3.39. The third-order valence-corrected chi connectivity index (χ3v) is 5.51. The van der Waals surface area contributed by atoms with Gasteiger partial charge in [0, 0.05) is 6.54 Å². The van der Waals surface area contributed by atoms with E-state index in [9.17, 15) is 9.59 Å². The molecular formula is C34H67NO15. The Morgan fingerprint density at radius 1 is 0.360 bits per heavy atom. The van der Waals surface area contributed by atoms with Crippen molar-refractivity contribution in [3.05, 3.63) is 0 Å². The number of hydrogen-bond acceptors (Lipinski definition) is 15. The summed E-state index contributed by atoms with van der Waals surface area (Å²) in [5.74, 6) is -0.269. The Morgan fingerprint density at radius 3 is 0.860 bits per heavy atom. The summed E-state index contributed by atoms with van der Waals surface area (Å²) in [6, 6.07) is 0. The van der Waals surface area contributed by atoms with Gasteiger partial charge in [-0.25, -0.2) is 4.79 Å². The smallest absolute Gasteiger partial charge is 0.407 e. The highest BCUT2D eigenvalue weighted by atomic mass is 16.6. The summed E-state index contributed by atoms with van der Waals surface area (Å²) in [5.41, 5.74) is -0.993. The summed E-state index contributed by atoms with van der Waals surface area (Å²) in [6.45, 7) is 21.4. The number of amides is 1. The molecular weight excluding hydrogens is 662 g/mol. The molecule has 0 aliphatic heterocycles. The Balaban J connectivity index is 3.14. The van der Waals surface area contributed by atoms with Gasteiger partial charge in [-0.1, -0.05) is 0 Å². The molecule has 0 heterocycles. The number of rotatable bonds is 36. The number of esters is 1. The largest absolute Gasteiger partial charge is 0.460 e. The SMILES string of the molecule is CC(C)(C)OC(=O)CCOCCOCCOCCOCCOCCOCCOCCOCCOCCOCCOCCNC(=O)OC(C)(C)C. The van der Waals surface area contributed by atoms with E-state index in [0.717, 1.165) is 0 Å². The Labute approximate surface area is 299 Å². The molecule has 1 N–H and O–H groups in total. The van der Waals surface area contributed by atoms with Crippen molar-refractivity contribution in [2.75, 3.05) is 152 Å². The highest BCUT2D eigenvalue weighted by molar-refractivity contribution is 5.69. The van der Waals surface area contributed by atoms with Gasteiger partial charge in [0.15, 0.2) is 0 Å². The van der Waals surface area contributed by atoms with Crippen molar-refractivity contribution in [2.24, 2.45) is 0 Å². The van der Waals surface area contributed by atoms with Gasteiger partial charge in [-0.3, -0.25) is 4.79 Å². The molecule has 0 radical (unpaired) electrons. The highest BCUT2D eigenvalue weighted by Crippen LogP contribution is 2.08. The van der Waals surface area contributed by atoms with E-state index in [0.29, 0.717) is 152 Å². The van der Waals surface area contributed by atoms with Gasteiger partial charge in [-0.2, -0.15) is 0 Å². The van der Waals surface area contributed by atoms with Gasteiger partial charge in [0.1, 0.15) is 11.2 Å². The summed E-state index contributed by atoms with van der Waals surface area (Å²) in [7, 11) is 0. The second kappa shape index (κ2) is 34.4. The molecule has 0 aromatic heterocycles. The Bertz CT molecular complexity index is 700. The number of carbonyl (C=O) groups is 2. The molecule has 0 atom stereocenters. The second-order valence-electron chi connectivity index (χ2n) is 12.5. The van der Waals surface area contributed by atoms with E-state index >= 15 is 0 Å². The summed E-state index contributed by atoms with van der Waals surface area (Å²) in [5, 5.41) is 2.63. The molecule has 16 nitrogen and oxygen atoms in total. The predicted molar refractivity (Wildman–Crippen MR) is 184 cm³/mol. The Kier molecular flexibility index (Phi) is 33.2. The molecule has 298 valence electrons. The topological polar surface area (TPSA) is 166 Å². The summed E-state index contributed by atoms with van der Waals surface area (Å²) in [4.78, 5) is 23.1. The monoisotopic (exact) mass is 729 g/mol. The molecule has 0 aliphatic rings. The maximum atomic E-state index is 11.6. The van der Waals surface area contributed by atoms with Crippen LogP contribution in [0.3, 0.4) is 0 Å². The first-order chi connectivity index (χ1) is 24.0. The van der Waals surface area contributed by atoms with Crippen LogP contribution in [-0.4, -0.2) is 175 Å². The summed E-state index contributed by atoms with van der Waals surface area (Å²) in [6.07, 6.45) is -0.228. The van der Waals surface area contributed by atoms with Crippen LogP contribution in [0, 0.1) is 0 Å². The third kappa shape index (κ3) is 42.5. The third-order valence-electron chi connectivity index (χ3n) is 5.51. The zero-order chi connectivity index (χ0) is 37.0. The van der Waals surface area contributed by atoms with Crippen LogP contribution in [0.4, 0.5) is 4.79 Å². The van der Waals surface area contributed by atoms with Crippen LogP contribution in [0.5, 0.6) is 0 Å². The van der Waals surface area contributed by atoms with Crippen LogP contribution in [0.1, 0.15) is 48.0 Å². The Hall–Kier alpha value is -1.70. The van der Waals surface area contributed by atoms with Crippen molar-refractivity contribution in [1.29, 1.82) is 0 Å². The average Bonchev–Trinajstić information content (AvgIpc) is 3.03. The number of alkyl carbamates (subject to hydrolysis) is 1. The maximum Gasteiger partial charge on any atom is 0.407 e. The first-order valence-electron chi connectivity index (χ1n) is 17.5. The van der Waals surface area contributed by atoms with Crippen molar-refractivity contribution < 1.29 is 71.2 Å². The van der Waals surface area contributed by atoms with Crippen molar-refractivity contribution in [3.8, 4) is 0 Å². The zero-order valence-electron chi connectivity index (χ0n) is 31.6. The molecule has 0 bridgehead atoms. The van der Waals surface area contributed by atoms with E-state index in [1.807, 2.05) is 41.5 Å². The van der Waals surface area contributed by atoms with E-state index in [4.69, 9.17) is 61.6 Å². The van der Waals surface area contributed by atoms with Crippen molar-refractivity contribution >= 4 is 12.1 Å². The summed E-state index contributed by atoms with van der Waals surface area (Å²) >= 11 is 0. The zero-order valence-corrected chi connectivity index (χ0v) is 31.6. The minimum absolute atomic E-state index is 0.228. The van der Waals surface area contributed by atoms with Gasteiger partial charge < -0.3 is 66.9 Å². The van der Waals surface area contributed by atoms with Gasteiger partial charge in [0.25, 0.3) is 0 Å². The lowest BCUT2D eigenvalue weighted by atomic mass is 10.2. The number of hydrogen-bond donors (Lipinski definition) is 1. The lowest BCUT2D eigenvalue weighted by Gasteiger charge is -2.19. The lowest BCUT2D eigenvalue weighted by Crippen LogP contribution is -2.34. The molecule has 16 heteroatoms. The van der Waals surface area contributed by atoms with E-state index in [-0.39, 0.29) is 12.4 Å². The maximum absolute atomic E-state index is 11.6. The number of ether oxygens (including phenoxy) is 13. The molecule has 0 rings (SSSR count). The van der Waals surface area contributed by atoms with Crippen molar-refractivity contribution in [2.45, 2.75) is 59.2 Å². The van der Waals surface area contributed by atoms with E-state index in [2.05, 4.69) is 5.32 Å². The van der Waals surface area contributed by atoms with E-state index in [1.54, 1.807) is 0 Å². The van der Waals surface area contributed by atoms with E-state index in [1.165, 1.54) is 0 Å². The summed E-state index contributed by atoms with van der Waals surface area (Å²) < 4.78 is 70.2. The first kappa shape index (κ1) is 48.3. The van der Waals surface area contributed by atoms with Gasteiger partial charge in [-0.05, 0) is 41.5 Å². The van der Waals surface area contributed by atoms with Crippen molar-refractivity contribution in [3.63, 3.8) is 0 Å². The van der Waals surface area contributed by atoms with Crippen LogP contribution in [0.25, 0.3) is 0 Å². The minimum Gasteiger partial charge on any atom is -0.460 e. The van der Waals surface area contributed by atoms with Crippen LogP contribution >= 0.6 is 0 Å². The average molecular weight is 730 g/mol. The number of carbonyl (C=O) groups excluding carboxylic acids is 2. The first-order valence-corrected chi connectivity index (χ1v) is 17.5. The van der Waals surface area contributed by atoms with Crippen LogP contribution in [0.15, 0.2) is 0 Å². The van der Waals surface area contributed by atoms with Gasteiger partial charge in [0.2, 0.25) is 0 Å². The molecule has 0 spiro atoms. The van der Waals surface area contributed by atoms with Crippen LogP contribution in [0.2, 0.25) is 0 Å². The fourth-order valence-electron chi connectivity index (χ4n) is 3.39. The standard InChI is InChI=1S/C34H67NO15/c1-33(2,3)49-31(36)7-9-38-11-13-40-15-17-42-19-21-44-23-25-46-27-29-48-30-28-47-26-24-45-22-20-43-18-16-41-14-12-39-10-8-35-32(37)50-34(4,5)6/h7-30H2,1-6H3,(H,35,37). The number of nitrogens with one attached hydrogen (secondary N) is 1. The molecule has 0 aliphatic carbocycles. The van der Waals surface area contributed by atoms with Gasteiger partial charge >= 0.3 is 12.1 Å². The van der Waals surface area contributed by atoms with Crippen LogP contribution in [-0.2, 0) is 66.4 Å². The predicted octanol–water partition coefficient (Wildman–Crippen LogP) is 2.43. The van der Waals surface area contributed by atoms with Crippen molar-refractivity contribution in [1.82, 2.24) is 5.32 Å². The molecule has 0 unspecified atom stereocenters. The molecule has 0 fully saturated rings. The lowest BCUT2D eigenvalue weighted by molar-refractivity contribution is -0.156. The fraction of sp³-hybridized carbons (Fsp3) is 0.941. The molecule has 0 saturated heterocycles. The minimum atomic E-state index is -0.515. The molecule has 1 amide bonds. The Morgan fingerprint density at radius 2 is 0.600 bits per heavy atom.